The van der Waals surface area contributed by atoms with Crippen LogP contribution in [-0.2, 0) is 14.8 Å². The molecule has 0 radical (unpaired) electrons. The van der Waals surface area contributed by atoms with Crippen molar-refractivity contribution in [2.45, 2.75) is 31.8 Å². The number of hydrogen-bond donors (Lipinski definition) is 0. The van der Waals surface area contributed by atoms with Gasteiger partial charge in [-0.3, -0.25) is 0 Å². The zero-order valence-electron chi connectivity index (χ0n) is 12.3. The van der Waals surface area contributed by atoms with Crippen molar-refractivity contribution in [1.29, 1.82) is 5.26 Å². The van der Waals surface area contributed by atoms with Crippen molar-refractivity contribution in [2.75, 3.05) is 20.2 Å². The molecule has 6 heteroatoms. The highest BCUT2D eigenvalue weighted by Crippen LogP contribution is 2.18. The molecule has 0 atom stereocenters. The first-order valence-electron chi connectivity index (χ1n) is 6.37. The first kappa shape index (κ1) is 16.6. The average Bonchev–Trinajstić information content (AvgIpc) is 2.37. The molecule has 0 aliphatic carbocycles. The lowest BCUT2D eigenvalue weighted by Crippen LogP contribution is -2.31. The van der Waals surface area contributed by atoms with Gasteiger partial charge in [0.25, 0.3) is 0 Å². The van der Waals surface area contributed by atoms with Gasteiger partial charge in [-0.2, -0.15) is 9.57 Å². The van der Waals surface area contributed by atoms with E-state index in [9.17, 15) is 8.42 Å². The Morgan fingerprint density at radius 3 is 2.55 bits per heavy atom. The van der Waals surface area contributed by atoms with E-state index < -0.39 is 10.0 Å². The largest absolute Gasteiger partial charge is 0.377 e. The van der Waals surface area contributed by atoms with Gasteiger partial charge in [0.1, 0.15) is 0 Å². The van der Waals surface area contributed by atoms with Crippen molar-refractivity contribution >= 4 is 10.0 Å². The number of rotatable bonds is 6. The van der Waals surface area contributed by atoms with E-state index in [2.05, 4.69) is 0 Å². The molecule has 0 aliphatic rings. The van der Waals surface area contributed by atoms with Crippen molar-refractivity contribution in [2.24, 2.45) is 0 Å². The Morgan fingerprint density at radius 2 is 2.05 bits per heavy atom. The van der Waals surface area contributed by atoms with Gasteiger partial charge in [0, 0.05) is 13.6 Å². The molecule has 110 valence electrons. The van der Waals surface area contributed by atoms with E-state index in [0.717, 1.165) is 0 Å². The van der Waals surface area contributed by atoms with Crippen LogP contribution < -0.4 is 0 Å². The number of likely N-dealkylation sites (N-methyl/N-ethyl adjacent to an activating group) is 1. The molecule has 0 amide bonds. The highest BCUT2D eigenvalue weighted by molar-refractivity contribution is 7.89. The predicted octanol–water partition coefficient (Wildman–Crippen LogP) is 1.91. The molecule has 20 heavy (non-hydrogen) atoms. The van der Waals surface area contributed by atoms with Gasteiger partial charge < -0.3 is 4.74 Å². The second kappa shape index (κ2) is 6.84. The van der Waals surface area contributed by atoms with Crippen molar-refractivity contribution in [3.05, 3.63) is 29.3 Å². The van der Waals surface area contributed by atoms with E-state index in [1.807, 2.05) is 19.9 Å². The lowest BCUT2D eigenvalue weighted by Gasteiger charge is -2.18. The summed E-state index contributed by atoms with van der Waals surface area (Å²) in [5, 5.41) is 8.86. The summed E-state index contributed by atoms with van der Waals surface area (Å²) in [4.78, 5) is 0.195. The number of hydrogen-bond acceptors (Lipinski definition) is 4. The fraction of sp³-hybridized carbons (Fsp3) is 0.500. The van der Waals surface area contributed by atoms with Gasteiger partial charge >= 0.3 is 0 Å². The minimum absolute atomic E-state index is 0.0725. The van der Waals surface area contributed by atoms with Crippen LogP contribution in [0, 0.1) is 18.3 Å². The smallest absolute Gasteiger partial charge is 0.242 e. The maximum Gasteiger partial charge on any atom is 0.242 e. The predicted molar refractivity (Wildman–Crippen MR) is 76.8 cm³/mol. The van der Waals surface area contributed by atoms with Crippen LogP contribution in [0.3, 0.4) is 0 Å². The summed E-state index contributed by atoms with van der Waals surface area (Å²) in [5.41, 5.74) is 1.13. The minimum atomic E-state index is -3.54. The fourth-order valence-corrected chi connectivity index (χ4v) is 2.88. The molecule has 0 bridgehead atoms. The van der Waals surface area contributed by atoms with E-state index in [1.165, 1.54) is 29.6 Å². The molecule has 0 spiro atoms. The van der Waals surface area contributed by atoms with Crippen molar-refractivity contribution in [1.82, 2.24) is 4.31 Å². The second-order valence-electron chi connectivity index (χ2n) is 4.83. The fourth-order valence-electron chi connectivity index (χ4n) is 1.64. The summed E-state index contributed by atoms with van der Waals surface area (Å²) in [7, 11) is -2.02. The maximum absolute atomic E-state index is 12.3. The number of sulfonamides is 1. The third-order valence-electron chi connectivity index (χ3n) is 2.88. The summed E-state index contributed by atoms with van der Waals surface area (Å²) in [5.74, 6) is 0. The number of nitriles is 1. The van der Waals surface area contributed by atoms with E-state index >= 15 is 0 Å². The standard InChI is InChI=1S/C14H20N2O3S/c1-11(2)19-8-7-16(4)20(17,18)14-6-5-13(10-15)12(3)9-14/h5-6,9,11H,7-8H2,1-4H3. The van der Waals surface area contributed by atoms with E-state index in [-0.39, 0.29) is 11.0 Å². The average molecular weight is 296 g/mol. The Morgan fingerprint density at radius 1 is 1.40 bits per heavy atom. The monoisotopic (exact) mass is 296 g/mol. The Labute approximate surface area is 120 Å². The highest BCUT2D eigenvalue weighted by atomic mass is 32.2. The molecule has 0 saturated heterocycles. The number of benzene rings is 1. The quantitative estimate of drug-likeness (QED) is 0.804. The van der Waals surface area contributed by atoms with E-state index in [1.54, 1.807) is 6.92 Å². The Bertz CT molecular complexity index is 603. The van der Waals surface area contributed by atoms with Crippen LogP contribution in [0.5, 0.6) is 0 Å². The molecule has 1 aromatic carbocycles. The van der Waals surface area contributed by atoms with Gasteiger partial charge in [-0.15, -0.1) is 0 Å². The summed E-state index contributed by atoms with van der Waals surface area (Å²) in [6, 6.07) is 6.53. The molecule has 1 rings (SSSR count). The molecular weight excluding hydrogens is 276 g/mol. The van der Waals surface area contributed by atoms with Crippen LogP contribution in [0.25, 0.3) is 0 Å². The maximum atomic E-state index is 12.3. The topological polar surface area (TPSA) is 70.4 Å². The molecule has 0 heterocycles. The molecule has 0 aliphatic heterocycles. The van der Waals surface area contributed by atoms with Crippen LogP contribution in [0.1, 0.15) is 25.0 Å². The molecular formula is C14H20N2O3S. The molecule has 0 N–H and O–H groups in total. The summed E-state index contributed by atoms with van der Waals surface area (Å²) in [6.45, 7) is 6.17. The number of nitrogens with zero attached hydrogens (tertiary/aromatic N) is 2. The van der Waals surface area contributed by atoms with Gasteiger partial charge in [0.15, 0.2) is 0 Å². The van der Waals surface area contributed by atoms with Crippen LogP contribution in [-0.4, -0.2) is 39.0 Å². The SMILES string of the molecule is Cc1cc(S(=O)(=O)N(C)CCOC(C)C)ccc1C#N. The number of aryl methyl sites for hydroxylation is 1. The van der Waals surface area contributed by atoms with Crippen LogP contribution in [0.2, 0.25) is 0 Å². The molecule has 0 fully saturated rings. The third kappa shape index (κ3) is 4.04. The minimum Gasteiger partial charge on any atom is -0.377 e. The zero-order chi connectivity index (χ0) is 15.3. The molecule has 1 aromatic rings. The van der Waals surface area contributed by atoms with Crippen LogP contribution >= 0.6 is 0 Å². The van der Waals surface area contributed by atoms with E-state index in [0.29, 0.717) is 24.3 Å². The van der Waals surface area contributed by atoms with Gasteiger partial charge in [-0.1, -0.05) is 0 Å². The second-order valence-corrected chi connectivity index (χ2v) is 6.88. The molecule has 0 aromatic heterocycles. The summed E-state index contributed by atoms with van der Waals surface area (Å²) < 4.78 is 31.3. The Balaban J connectivity index is 2.88. The first-order chi connectivity index (χ1) is 9.28. The third-order valence-corrected chi connectivity index (χ3v) is 4.74. The zero-order valence-corrected chi connectivity index (χ0v) is 13.1. The van der Waals surface area contributed by atoms with Crippen LogP contribution in [0.15, 0.2) is 23.1 Å². The van der Waals surface area contributed by atoms with Crippen molar-refractivity contribution in [3.63, 3.8) is 0 Å². The molecule has 5 nitrogen and oxygen atoms in total. The van der Waals surface area contributed by atoms with E-state index in [4.69, 9.17) is 10.00 Å². The highest BCUT2D eigenvalue weighted by Gasteiger charge is 2.21. The molecule has 0 saturated carbocycles. The summed E-state index contributed by atoms with van der Waals surface area (Å²) >= 11 is 0. The Hall–Kier alpha value is -1.42. The summed E-state index contributed by atoms with van der Waals surface area (Å²) in [6.07, 6.45) is 0.0725. The lowest BCUT2D eigenvalue weighted by atomic mass is 10.1. The van der Waals surface area contributed by atoms with Gasteiger partial charge in [-0.25, -0.2) is 8.42 Å². The van der Waals surface area contributed by atoms with Gasteiger partial charge in [0.2, 0.25) is 10.0 Å². The number of ether oxygens (including phenoxy) is 1. The normalized spacial score (nSPS) is 11.8. The van der Waals surface area contributed by atoms with Gasteiger partial charge in [-0.05, 0) is 44.5 Å². The Kier molecular flexibility index (Phi) is 5.69. The molecule has 0 unspecified atom stereocenters. The lowest BCUT2D eigenvalue weighted by molar-refractivity contribution is 0.0737. The van der Waals surface area contributed by atoms with Crippen molar-refractivity contribution in [3.8, 4) is 6.07 Å². The van der Waals surface area contributed by atoms with Crippen LogP contribution in [0.4, 0.5) is 0 Å². The first-order valence-corrected chi connectivity index (χ1v) is 7.81. The van der Waals surface area contributed by atoms with Gasteiger partial charge in [0.05, 0.1) is 29.2 Å². The van der Waals surface area contributed by atoms with Crippen molar-refractivity contribution < 1.29 is 13.2 Å².